The first kappa shape index (κ1) is 64.7. The number of amides is 7. The molecule has 3 aliphatic rings. The smallest absolute Gasteiger partial charge is 0.327 e. The number of nitrogens with zero attached hydrogens (tertiary/aromatic N) is 7. The molecule has 3 heterocycles. The first-order valence-electron chi connectivity index (χ1n) is 27.4. The van der Waals surface area contributed by atoms with Crippen LogP contribution in [-0.2, 0) is 59.0 Å². The second-order valence-electron chi connectivity index (χ2n) is 21.4. The molecule has 3 saturated heterocycles. The molecule has 78 heavy (non-hydrogen) atoms. The van der Waals surface area contributed by atoms with Crippen LogP contribution in [0.4, 0.5) is 0 Å². The number of ether oxygens (including phenoxy) is 2. The van der Waals surface area contributed by atoms with E-state index in [0.717, 1.165) is 17.3 Å². The normalized spacial score (nSPS) is 20.1. The van der Waals surface area contributed by atoms with Gasteiger partial charge in [0.25, 0.3) is 0 Å². The Labute approximate surface area is 464 Å². The van der Waals surface area contributed by atoms with Gasteiger partial charge in [0.15, 0.2) is 5.96 Å². The molecule has 3 fully saturated rings. The molecule has 436 valence electrons. The van der Waals surface area contributed by atoms with Crippen LogP contribution in [0.25, 0.3) is 0 Å². The summed E-state index contributed by atoms with van der Waals surface area (Å²) >= 11 is 1.04. The fourth-order valence-electron chi connectivity index (χ4n) is 10.6. The number of unbranched alkanes of at least 4 members (excludes halogenated alkanes) is 2. The molecule has 0 bridgehead atoms. The van der Waals surface area contributed by atoms with E-state index in [9.17, 15) is 53.4 Å². The number of hydrogen-bond donors (Lipinski definition) is 4. The minimum Gasteiger partial charge on any atom is -0.480 e. The number of guanidine groups is 1. The van der Waals surface area contributed by atoms with E-state index in [-0.39, 0.29) is 72.9 Å². The quantitative estimate of drug-likeness (QED) is 0.0389. The van der Waals surface area contributed by atoms with Crippen LogP contribution in [0.5, 0.6) is 0 Å². The summed E-state index contributed by atoms with van der Waals surface area (Å²) in [6.07, 6.45) is 2.55. The average Bonchev–Trinajstić information content (AvgIpc) is 3.99. The lowest BCUT2D eigenvalue weighted by atomic mass is 9.89. The maximum Gasteiger partial charge on any atom is 0.327 e. The summed E-state index contributed by atoms with van der Waals surface area (Å²) in [6, 6.07) is 4.95. The minimum atomic E-state index is -1.22. The Hall–Kier alpha value is -5.81. The number of piperazine rings is 1. The lowest BCUT2D eigenvalue weighted by molar-refractivity contribution is -0.147. The number of hydrogen-bond acceptors (Lipinski definition) is 13. The number of aliphatic carboxylic acids is 2. The van der Waals surface area contributed by atoms with Crippen molar-refractivity contribution in [1.29, 1.82) is 0 Å². The van der Waals surface area contributed by atoms with E-state index in [2.05, 4.69) is 15.5 Å². The number of thioether (sulfide) groups is 1. The second kappa shape index (κ2) is 31.1. The van der Waals surface area contributed by atoms with Crippen molar-refractivity contribution in [2.24, 2.45) is 22.7 Å². The summed E-state index contributed by atoms with van der Waals surface area (Å²) in [5.74, 6) is -5.05. The van der Waals surface area contributed by atoms with E-state index < -0.39 is 77.3 Å². The Morgan fingerprint density at radius 2 is 1.47 bits per heavy atom. The van der Waals surface area contributed by atoms with Crippen LogP contribution in [0.3, 0.4) is 0 Å². The van der Waals surface area contributed by atoms with Crippen LogP contribution in [0.2, 0.25) is 0 Å². The van der Waals surface area contributed by atoms with Crippen molar-refractivity contribution < 1.29 is 62.8 Å². The maximum atomic E-state index is 14.8. The minimum absolute atomic E-state index is 0.00406. The summed E-state index contributed by atoms with van der Waals surface area (Å²) in [6.45, 7) is 13.3. The van der Waals surface area contributed by atoms with Crippen LogP contribution in [-0.4, -0.2) is 227 Å². The van der Waals surface area contributed by atoms with E-state index in [0.29, 0.717) is 83.6 Å². The predicted molar refractivity (Wildman–Crippen MR) is 295 cm³/mol. The molecule has 0 aliphatic carbocycles. The van der Waals surface area contributed by atoms with Gasteiger partial charge in [-0.3, -0.25) is 38.5 Å². The van der Waals surface area contributed by atoms with Crippen LogP contribution in [0.15, 0.2) is 35.3 Å². The van der Waals surface area contributed by atoms with Crippen LogP contribution < -0.4 is 10.6 Å². The number of likely N-dealkylation sites (tertiary alicyclic amines) is 2. The number of methoxy groups -OCH3 is 2. The first-order valence-corrected chi connectivity index (χ1v) is 28.4. The number of imide groups is 1. The van der Waals surface area contributed by atoms with Gasteiger partial charge in [-0.25, -0.2) is 14.6 Å². The van der Waals surface area contributed by atoms with Gasteiger partial charge < -0.3 is 54.8 Å². The number of carboxylic acids is 2. The van der Waals surface area contributed by atoms with Crippen molar-refractivity contribution in [2.75, 3.05) is 80.4 Å². The topological polar surface area (TPSA) is 268 Å². The van der Waals surface area contributed by atoms with Gasteiger partial charge in [0.05, 0.1) is 41.9 Å². The Balaban J connectivity index is 1.35. The molecule has 23 heteroatoms. The number of aliphatic imine (C=N–C) groups is 1. The molecule has 0 radical (unpaired) electrons. The number of benzene rings is 1. The molecule has 0 spiro atoms. The lowest BCUT2D eigenvalue weighted by Gasteiger charge is -2.41. The third-order valence-corrected chi connectivity index (χ3v) is 16.5. The number of nitrogens with one attached hydrogen (secondary N) is 2. The summed E-state index contributed by atoms with van der Waals surface area (Å²) < 4.78 is 12.0. The maximum absolute atomic E-state index is 14.8. The molecule has 7 amide bonds. The summed E-state index contributed by atoms with van der Waals surface area (Å²) in [7, 11) is 8.50. The molecule has 22 nitrogen and oxygen atoms in total. The summed E-state index contributed by atoms with van der Waals surface area (Å²) in [5, 5.41) is 23.7. The van der Waals surface area contributed by atoms with Gasteiger partial charge in [-0.1, -0.05) is 77.8 Å². The highest BCUT2D eigenvalue weighted by Crippen LogP contribution is 2.31. The fourth-order valence-corrected chi connectivity index (χ4v) is 11.8. The molecular formula is C55H87N9O13S. The van der Waals surface area contributed by atoms with Gasteiger partial charge in [0.2, 0.25) is 41.4 Å². The SMILES string of the molecule is CC[C@H](C)[C@@H]([C@@H](CC(=O)N1CCCC1[C@H](OC)[C@@H](C)C(=O)N[C@@H](Cc1ccccc1)C(=O)O)OC)N(C)C(=O)C(N=C(N(C)C)N1CCN(C(=O)CCCCCN2C(=O)CC(SC[C@H](NC(C)=O)C(=O)O)C2=O)CC1)C(C)C. The van der Waals surface area contributed by atoms with Crippen molar-refractivity contribution in [2.45, 2.75) is 153 Å². The number of rotatable bonds is 29. The number of carboxylic acid groups (broad SMARTS) is 2. The highest BCUT2D eigenvalue weighted by Gasteiger charge is 2.44. The zero-order chi connectivity index (χ0) is 58.0. The van der Waals surface area contributed by atoms with Crippen molar-refractivity contribution in [3.05, 3.63) is 35.9 Å². The van der Waals surface area contributed by atoms with Gasteiger partial charge in [0.1, 0.15) is 18.1 Å². The molecule has 0 aromatic heterocycles. The first-order chi connectivity index (χ1) is 36.9. The van der Waals surface area contributed by atoms with Gasteiger partial charge in [-0.2, -0.15) is 0 Å². The van der Waals surface area contributed by atoms with Crippen molar-refractivity contribution in [3.63, 3.8) is 0 Å². The van der Waals surface area contributed by atoms with Crippen LogP contribution in [0.1, 0.15) is 105 Å². The molecule has 1 aromatic rings. The van der Waals surface area contributed by atoms with E-state index in [4.69, 9.17) is 14.5 Å². The summed E-state index contributed by atoms with van der Waals surface area (Å²) in [4.78, 5) is 133. The molecule has 4 N–H and O–H groups in total. The molecule has 3 aliphatic heterocycles. The average molecular weight is 1110 g/mol. The van der Waals surface area contributed by atoms with E-state index in [1.165, 1.54) is 18.9 Å². The number of carbonyl (C=O) groups excluding carboxylic acids is 7. The van der Waals surface area contributed by atoms with Gasteiger partial charge in [0, 0.05) is 107 Å². The van der Waals surface area contributed by atoms with Gasteiger partial charge in [-0.05, 0) is 43.1 Å². The fraction of sp³-hybridized carbons (Fsp3) is 0.709. The zero-order valence-corrected chi connectivity index (χ0v) is 48.5. The second-order valence-corrected chi connectivity index (χ2v) is 22.6. The largest absolute Gasteiger partial charge is 0.480 e. The van der Waals surface area contributed by atoms with Crippen LogP contribution >= 0.6 is 11.8 Å². The zero-order valence-electron chi connectivity index (χ0n) is 47.7. The standard InChI is InChI=1S/C55H87N9O13S/c1-12-35(4)48(42(76-10)31-45(67)63-25-19-22-41(63)49(77-11)36(5)50(69)57-39(53(72)73)30-38-20-15-13-16-21-38)60(9)52(71)47(34(2)3)58-55(59(7)8)62-28-26-61(27-29-62)44(66)23-17-14-18-24-64-46(68)32-43(51(64)70)78-33-40(54(74)75)56-37(6)65/h13,15-16,20-21,34-36,39-43,47-49H,12,14,17-19,22-33H2,1-11H3,(H,56,65)(H,57,69)(H,72,73)(H,74,75)/t35-,36+,39-,40-,41?,42+,43?,47?,48-,49+/m0/s1. The van der Waals surface area contributed by atoms with Crippen molar-refractivity contribution in [1.82, 2.24) is 40.0 Å². The molecular weight excluding hydrogens is 1030 g/mol. The van der Waals surface area contributed by atoms with Crippen molar-refractivity contribution >= 4 is 71.0 Å². The van der Waals surface area contributed by atoms with Gasteiger partial charge in [-0.15, -0.1) is 11.8 Å². The molecule has 10 atom stereocenters. The monoisotopic (exact) mass is 1110 g/mol. The molecule has 3 unspecified atom stereocenters. The predicted octanol–water partition coefficient (Wildman–Crippen LogP) is 2.82. The summed E-state index contributed by atoms with van der Waals surface area (Å²) in [5.41, 5.74) is 0.767. The van der Waals surface area contributed by atoms with Crippen molar-refractivity contribution in [3.8, 4) is 0 Å². The third kappa shape index (κ3) is 17.9. The number of likely N-dealkylation sites (N-methyl/N-ethyl adjacent to an activating group) is 1. The highest BCUT2D eigenvalue weighted by atomic mass is 32.2. The van der Waals surface area contributed by atoms with Crippen LogP contribution in [0, 0.1) is 17.8 Å². The Morgan fingerprint density at radius 3 is 2.04 bits per heavy atom. The Morgan fingerprint density at radius 1 is 0.833 bits per heavy atom. The van der Waals surface area contributed by atoms with E-state index >= 15 is 0 Å². The lowest BCUT2D eigenvalue weighted by Crippen LogP contribution is -2.56. The molecule has 1 aromatic carbocycles. The number of carbonyl (C=O) groups is 9. The van der Waals surface area contributed by atoms with Gasteiger partial charge >= 0.3 is 11.9 Å². The van der Waals surface area contributed by atoms with E-state index in [1.807, 2.05) is 69.8 Å². The van der Waals surface area contributed by atoms with E-state index in [1.54, 1.807) is 43.0 Å². The highest BCUT2D eigenvalue weighted by molar-refractivity contribution is 8.00. The molecule has 0 saturated carbocycles. The third-order valence-electron chi connectivity index (χ3n) is 15.2. The Kier molecular flexibility index (Phi) is 25.8. The molecule has 4 rings (SSSR count). The Bertz CT molecular complexity index is 2250.